The number of methoxy groups -OCH3 is 1. The fourth-order valence-corrected chi connectivity index (χ4v) is 1.12. The van der Waals surface area contributed by atoms with E-state index in [1.54, 1.807) is 0 Å². The summed E-state index contributed by atoms with van der Waals surface area (Å²) in [6, 6.07) is 2.55. The molecule has 0 radical (unpaired) electrons. The summed E-state index contributed by atoms with van der Waals surface area (Å²) in [6.07, 6.45) is 0. The predicted molar refractivity (Wildman–Crippen MR) is 49.5 cm³/mol. The first kappa shape index (κ1) is 10.2. The lowest BCUT2D eigenvalue weighted by Crippen LogP contribution is -2.29. The van der Waals surface area contributed by atoms with Gasteiger partial charge >= 0.3 is 7.12 Å². The van der Waals surface area contributed by atoms with Crippen LogP contribution in [-0.4, -0.2) is 29.4 Å². The van der Waals surface area contributed by atoms with E-state index in [0.29, 0.717) is 0 Å². The topological polar surface area (TPSA) is 69.9 Å². The Labute approximate surface area is 80.5 Å². The lowest BCUT2D eigenvalue weighted by atomic mass is 9.80. The van der Waals surface area contributed by atoms with Crippen molar-refractivity contribution >= 4 is 24.2 Å². The van der Waals surface area contributed by atoms with Crippen LogP contribution in [0.25, 0.3) is 0 Å². The molecule has 0 aliphatic carbocycles. The third-order valence-corrected chi connectivity index (χ3v) is 1.86. The highest BCUT2D eigenvalue weighted by Gasteiger charge is 2.16. The molecule has 1 aromatic carbocycles. The van der Waals surface area contributed by atoms with Crippen LogP contribution in [0.4, 0.5) is 0 Å². The van der Waals surface area contributed by atoms with Gasteiger partial charge in [0.15, 0.2) is 11.5 Å². The van der Waals surface area contributed by atoms with Crippen molar-refractivity contribution in [3.63, 3.8) is 0 Å². The molecular formula is C7H8BClO4. The van der Waals surface area contributed by atoms with Crippen molar-refractivity contribution in [2.24, 2.45) is 0 Å². The average Bonchev–Trinajstić information content (AvgIpc) is 2.09. The number of hydrogen-bond acceptors (Lipinski definition) is 4. The summed E-state index contributed by atoms with van der Waals surface area (Å²) in [4.78, 5) is 0. The monoisotopic (exact) mass is 202 g/mol. The quantitative estimate of drug-likeness (QED) is 0.578. The SMILES string of the molecule is COc1cc(B(O)O)cc(Cl)c1O. The molecule has 0 saturated carbocycles. The van der Waals surface area contributed by atoms with Gasteiger partial charge in [-0.25, -0.2) is 0 Å². The molecular weight excluding hydrogens is 194 g/mol. The molecule has 0 atom stereocenters. The predicted octanol–water partition coefficient (Wildman–Crippen LogP) is -0.266. The van der Waals surface area contributed by atoms with Crippen molar-refractivity contribution in [1.82, 2.24) is 0 Å². The highest BCUT2D eigenvalue weighted by atomic mass is 35.5. The van der Waals surface area contributed by atoms with Crippen molar-refractivity contribution in [3.05, 3.63) is 17.2 Å². The number of rotatable bonds is 2. The Morgan fingerprint density at radius 3 is 2.46 bits per heavy atom. The molecule has 0 spiro atoms. The Morgan fingerprint density at radius 1 is 1.38 bits per heavy atom. The maximum atomic E-state index is 9.28. The van der Waals surface area contributed by atoms with E-state index in [0.717, 1.165) is 0 Å². The first-order valence-corrected chi connectivity index (χ1v) is 3.86. The van der Waals surface area contributed by atoms with Gasteiger partial charge in [0.2, 0.25) is 0 Å². The van der Waals surface area contributed by atoms with Crippen molar-refractivity contribution in [1.29, 1.82) is 0 Å². The van der Waals surface area contributed by atoms with Crippen LogP contribution in [0.1, 0.15) is 0 Å². The fraction of sp³-hybridized carbons (Fsp3) is 0.143. The summed E-state index contributed by atoms with van der Waals surface area (Å²) in [5.74, 6) is -0.107. The normalized spacial score (nSPS) is 9.85. The van der Waals surface area contributed by atoms with E-state index in [9.17, 15) is 5.11 Å². The molecule has 3 N–H and O–H groups in total. The number of aromatic hydroxyl groups is 1. The van der Waals surface area contributed by atoms with Crippen molar-refractivity contribution in [2.75, 3.05) is 7.11 Å². The number of phenolic OH excluding ortho intramolecular Hbond substituents is 1. The van der Waals surface area contributed by atoms with E-state index in [2.05, 4.69) is 0 Å². The van der Waals surface area contributed by atoms with Crippen LogP contribution in [0.15, 0.2) is 12.1 Å². The zero-order chi connectivity index (χ0) is 10.0. The Balaban J connectivity index is 3.22. The Kier molecular flexibility index (Phi) is 3.03. The number of benzene rings is 1. The molecule has 0 heterocycles. The molecule has 0 aliphatic rings. The van der Waals surface area contributed by atoms with Crippen LogP contribution in [0.5, 0.6) is 11.5 Å². The van der Waals surface area contributed by atoms with E-state index in [4.69, 9.17) is 26.4 Å². The van der Waals surface area contributed by atoms with Gasteiger partial charge < -0.3 is 19.9 Å². The first-order valence-electron chi connectivity index (χ1n) is 3.48. The summed E-state index contributed by atoms with van der Waals surface area (Å²) < 4.78 is 4.76. The van der Waals surface area contributed by atoms with Gasteiger partial charge in [-0.3, -0.25) is 0 Å². The fourth-order valence-electron chi connectivity index (χ4n) is 0.898. The number of halogens is 1. The molecule has 0 fully saturated rings. The van der Waals surface area contributed by atoms with Gasteiger partial charge in [-0.1, -0.05) is 11.6 Å². The Bertz CT molecular complexity index is 316. The minimum absolute atomic E-state index is 0.0162. The van der Waals surface area contributed by atoms with Crippen molar-refractivity contribution in [2.45, 2.75) is 0 Å². The van der Waals surface area contributed by atoms with Crippen LogP contribution in [-0.2, 0) is 0 Å². The van der Waals surface area contributed by atoms with E-state index in [1.165, 1.54) is 19.2 Å². The Hall–Kier alpha value is -0.905. The van der Waals surface area contributed by atoms with Crippen LogP contribution in [0.3, 0.4) is 0 Å². The average molecular weight is 202 g/mol. The van der Waals surface area contributed by atoms with E-state index < -0.39 is 7.12 Å². The van der Waals surface area contributed by atoms with Gasteiger partial charge in [0.1, 0.15) is 0 Å². The molecule has 0 aromatic heterocycles. The summed E-state index contributed by atoms with van der Waals surface area (Å²) in [7, 11) is -0.286. The highest BCUT2D eigenvalue weighted by Crippen LogP contribution is 2.31. The molecule has 0 saturated heterocycles. The molecule has 4 nitrogen and oxygen atoms in total. The summed E-state index contributed by atoms with van der Waals surface area (Å²) in [5, 5.41) is 26.9. The maximum absolute atomic E-state index is 9.28. The standard InChI is InChI=1S/C7H8BClO4/c1-13-6-3-4(8(11)12)2-5(9)7(6)10/h2-3,10-12H,1H3. The van der Waals surface area contributed by atoms with Gasteiger partial charge in [-0.15, -0.1) is 0 Å². The molecule has 0 amide bonds. The molecule has 70 valence electrons. The second-order valence-electron chi connectivity index (χ2n) is 2.43. The van der Waals surface area contributed by atoms with E-state index in [-0.39, 0.29) is 22.0 Å². The number of hydrogen-bond donors (Lipinski definition) is 3. The number of ether oxygens (including phenoxy) is 1. The van der Waals surface area contributed by atoms with Crippen LogP contribution in [0.2, 0.25) is 5.02 Å². The van der Waals surface area contributed by atoms with E-state index in [1.807, 2.05) is 0 Å². The molecule has 0 bridgehead atoms. The molecule has 0 aliphatic heterocycles. The minimum Gasteiger partial charge on any atom is -0.503 e. The van der Waals surface area contributed by atoms with Gasteiger partial charge in [0.25, 0.3) is 0 Å². The molecule has 1 aromatic rings. The van der Waals surface area contributed by atoms with E-state index >= 15 is 0 Å². The Morgan fingerprint density at radius 2 is 2.00 bits per heavy atom. The van der Waals surface area contributed by atoms with Crippen molar-refractivity contribution < 1.29 is 19.9 Å². The zero-order valence-corrected chi connectivity index (χ0v) is 7.62. The molecule has 0 unspecified atom stereocenters. The minimum atomic E-state index is -1.63. The largest absolute Gasteiger partial charge is 0.503 e. The van der Waals surface area contributed by atoms with Gasteiger partial charge in [-0.2, -0.15) is 0 Å². The first-order chi connectivity index (χ1) is 6.06. The number of phenols is 1. The third-order valence-electron chi connectivity index (χ3n) is 1.57. The second kappa shape index (κ2) is 3.87. The summed E-state index contributed by atoms with van der Waals surface area (Å²) in [5.41, 5.74) is 0.166. The molecule has 1 rings (SSSR count). The second-order valence-corrected chi connectivity index (χ2v) is 2.83. The van der Waals surface area contributed by atoms with Gasteiger partial charge in [0.05, 0.1) is 12.1 Å². The molecule has 13 heavy (non-hydrogen) atoms. The van der Waals surface area contributed by atoms with Crippen LogP contribution in [0, 0.1) is 0 Å². The third kappa shape index (κ3) is 2.06. The van der Waals surface area contributed by atoms with Crippen molar-refractivity contribution in [3.8, 4) is 11.5 Å². The smallest absolute Gasteiger partial charge is 0.488 e. The maximum Gasteiger partial charge on any atom is 0.488 e. The van der Waals surface area contributed by atoms with Gasteiger partial charge in [0, 0.05) is 0 Å². The van der Waals surface area contributed by atoms with Crippen LogP contribution < -0.4 is 10.2 Å². The summed E-state index contributed by atoms with van der Waals surface area (Å²) >= 11 is 5.59. The summed E-state index contributed by atoms with van der Waals surface area (Å²) in [6.45, 7) is 0. The zero-order valence-electron chi connectivity index (χ0n) is 6.86. The lowest BCUT2D eigenvalue weighted by Gasteiger charge is -2.07. The van der Waals surface area contributed by atoms with Crippen LogP contribution >= 0.6 is 11.6 Å². The van der Waals surface area contributed by atoms with Gasteiger partial charge in [-0.05, 0) is 17.6 Å². The highest BCUT2D eigenvalue weighted by molar-refractivity contribution is 6.59. The lowest BCUT2D eigenvalue weighted by molar-refractivity contribution is 0.373. The molecule has 6 heteroatoms.